The number of piperidine rings is 1. The topological polar surface area (TPSA) is 28.2 Å². The number of pyridine rings is 1. The zero-order chi connectivity index (χ0) is 12.8. The lowest BCUT2D eigenvalue weighted by molar-refractivity contribution is 0.550. The molecule has 3 nitrogen and oxygen atoms in total. The molecule has 0 spiro atoms. The van der Waals surface area contributed by atoms with Crippen LogP contribution in [0, 0.1) is 5.92 Å². The Labute approximate surface area is 119 Å². The largest absolute Gasteiger partial charge is 0.353 e. The van der Waals surface area contributed by atoms with Gasteiger partial charge in [-0.25, -0.2) is 4.98 Å². The molecule has 0 aromatic carbocycles. The Hall–Kier alpha value is -0.800. The summed E-state index contributed by atoms with van der Waals surface area (Å²) in [6.07, 6.45) is 8.55. The summed E-state index contributed by atoms with van der Waals surface area (Å²) in [5.74, 6) is 2.03. The fourth-order valence-electron chi connectivity index (χ4n) is 3.51. The summed E-state index contributed by atoms with van der Waals surface area (Å²) in [4.78, 5) is 7.04. The molecule has 2 unspecified atom stereocenters. The van der Waals surface area contributed by atoms with E-state index in [-0.39, 0.29) is 0 Å². The third kappa shape index (κ3) is 2.34. The third-order valence-electron chi connectivity index (χ3n) is 4.78. The molecule has 4 heteroatoms. The SMILES string of the molecule is Clc1cnc(N2CC3CCC2C3)cc1CNC1CC1. The van der Waals surface area contributed by atoms with Crippen molar-refractivity contribution in [2.45, 2.75) is 50.7 Å². The molecular formula is C15H20ClN3. The van der Waals surface area contributed by atoms with Crippen molar-refractivity contribution in [3.8, 4) is 0 Å². The Balaban J connectivity index is 1.53. The van der Waals surface area contributed by atoms with E-state index in [1.165, 1.54) is 44.2 Å². The summed E-state index contributed by atoms with van der Waals surface area (Å²) in [7, 11) is 0. The predicted molar refractivity (Wildman–Crippen MR) is 77.6 cm³/mol. The Morgan fingerprint density at radius 1 is 1.32 bits per heavy atom. The number of nitrogens with one attached hydrogen (secondary N) is 1. The first kappa shape index (κ1) is 12.0. The summed E-state index contributed by atoms with van der Waals surface area (Å²) < 4.78 is 0. The fourth-order valence-corrected chi connectivity index (χ4v) is 3.68. The molecule has 0 amide bonds. The average Bonchev–Trinajstić information content (AvgIpc) is 3.01. The number of aromatic nitrogens is 1. The van der Waals surface area contributed by atoms with Gasteiger partial charge in [-0.15, -0.1) is 0 Å². The first-order valence-corrected chi connectivity index (χ1v) is 7.82. The van der Waals surface area contributed by atoms with Crippen LogP contribution in [0.1, 0.15) is 37.7 Å². The first-order valence-electron chi connectivity index (χ1n) is 7.44. The Kier molecular flexibility index (Phi) is 2.92. The van der Waals surface area contributed by atoms with E-state index in [2.05, 4.69) is 21.3 Å². The smallest absolute Gasteiger partial charge is 0.129 e. The van der Waals surface area contributed by atoms with Gasteiger partial charge in [0, 0.05) is 31.4 Å². The molecule has 2 heterocycles. The molecular weight excluding hydrogens is 258 g/mol. The van der Waals surface area contributed by atoms with Crippen LogP contribution in [0.3, 0.4) is 0 Å². The van der Waals surface area contributed by atoms with Gasteiger partial charge in [0.25, 0.3) is 0 Å². The lowest BCUT2D eigenvalue weighted by atomic mass is 10.1. The van der Waals surface area contributed by atoms with E-state index in [9.17, 15) is 0 Å². The molecule has 2 atom stereocenters. The molecule has 2 bridgehead atoms. The summed E-state index contributed by atoms with van der Waals surface area (Å²) in [6.45, 7) is 2.07. The quantitative estimate of drug-likeness (QED) is 0.917. The fraction of sp³-hybridized carbons (Fsp3) is 0.667. The summed E-state index contributed by atoms with van der Waals surface area (Å²) in [6, 6.07) is 3.64. The van der Waals surface area contributed by atoms with E-state index in [4.69, 9.17) is 11.6 Å². The van der Waals surface area contributed by atoms with Crippen molar-refractivity contribution in [3.63, 3.8) is 0 Å². The Bertz CT molecular complexity index is 486. The minimum absolute atomic E-state index is 0.718. The van der Waals surface area contributed by atoms with Crippen molar-refractivity contribution in [2.75, 3.05) is 11.4 Å². The Morgan fingerprint density at radius 3 is 2.89 bits per heavy atom. The summed E-state index contributed by atoms with van der Waals surface area (Å²) >= 11 is 6.26. The maximum absolute atomic E-state index is 6.26. The molecule has 1 aromatic heterocycles. The van der Waals surface area contributed by atoms with Crippen molar-refractivity contribution in [1.82, 2.24) is 10.3 Å². The summed E-state index contributed by atoms with van der Waals surface area (Å²) in [5.41, 5.74) is 1.20. The third-order valence-corrected chi connectivity index (χ3v) is 5.12. The Morgan fingerprint density at radius 2 is 2.21 bits per heavy atom. The van der Waals surface area contributed by atoms with Crippen LogP contribution in [0.15, 0.2) is 12.3 Å². The van der Waals surface area contributed by atoms with Crippen LogP contribution in [0.2, 0.25) is 5.02 Å². The second-order valence-corrected chi connectivity index (χ2v) is 6.68. The highest BCUT2D eigenvalue weighted by Crippen LogP contribution is 2.40. The van der Waals surface area contributed by atoms with Gasteiger partial charge in [0.2, 0.25) is 0 Å². The lowest BCUT2D eigenvalue weighted by Gasteiger charge is -2.28. The molecule has 2 saturated carbocycles. The molecule has 1 N–H and O–H groups in total. The second kappa shape index (κ2) is 4.64. The van der Waals surface area contributed by atoms with Gasteiger partial charge in [0.1, 0.15) is 5.82 Å². The van der Waals surface area contributed by atoms with E-state index in [0.717, 1.165) is 35.4 Å². The minimum Gasteiger partial charge on any atom is -0.353 e. The number of nitrogens with zero attached hydrogens (tertiary/aromatic N) is 2. The number of anilines is 1. The minimum atomic E-state index is 0.718. The van der Waals surface area contributed by atoms with Crippen molar-refractivity contribution >= 4 is 17.4 Å². The van der Waals surface area contributed by atoms with Gasteiger partial charge in [0.15, 0.2) is 0 Å². The standard InChI is InChI=1S/C15H20ClN3/c16-14-8-18-15(6-11(14)7-17-12-2-3-12)19-9-10-1-4-13(19)5-10/h6,8,10,12-13,17H,1-5,7,9H2. The highest BCUT2D eigenvalue weighted by molar-refractivity contribution is 6.31. The molecule has 19 heavy (non-hydrogen) atoms. The number of hydrogen-bond donors (Lipinski definition) is 1. The zero-order valence-corrected chi connectivity index (χ0v) is 11.9. The number of hydrogen-bond acceptors (Lipinski definition) is 3. The molecule has 4 rings (SSSR count). The number of fused-ring (bicyclic) bond motifs is 2. The van der Waals surface area contributed by atoms with Gasteiger partial charge in [-0.3, -0.25) is 0 Å². The molecule has 102 valence electrons. The van der Waals surface area contributed by atoms with Gasteiger partial charge in [-0.1, -0.05) is 11.6 Å². The maximum Gasteiger partial charge on any atom is 0.129 e. The molecule has 3 fully saturated rings. The van der Waals surface area contributed by atoms with E-state index in [1.807, 2.05) is 6.20 Å². The molecule has 1 aliphatic heterocycles. The van der Waals surface area contributed by atoms with Crippen LogP contribution in [0.4, 0.5) is 5.82 Å². The van der Waals surface area contributed by atoms with Gasteiger partial charge < -0.3 is 10.2 Å². The number of halogens is 1. The van der Waals surface area contributed by atoms with Gasteiger partial charge in [0.05, 0.1) is 5.02 Å². The van der Waals surface area contributed by atoms with Gasteiger partial charge in [-0.05, 0) is 49.7 Å². The summed E-state index contributed by atoms with van der Waals surface area (Å²) in [5, 5.41) is 4.33. The first-order chi connectivity index (χ1) is 9.29. The van der Waals surface area contributed by atoms with Crippen molar-refractivity contribution < 1.29 is 0 Å². The van der Waals surface area contributed by atoms with Crippen LogP contribution < -0.4 is 10.2 Å². The van der Waals surface area contributed by atoms with Crippen LogP contribution in [0.5, 0.6) is 0 Å². The van der Waals surface area contributed by atoms with Crippen LogP contribution in [-0.2, 0) is 6.54 Å². The van der Waals surface area contributed by atoms with Gasteiger partial charge >= 0.3 is 0 Å². The van der Waals surface area contributed by atoms with Gasteiger partial charge in [-0.2, -0.15) is 0 Å². The monoisotopic (exact) mass is 277 g/mol. The lowest BCUT2D eigenvalue weighted by Crippen LogP contribution is -2.32. The zero-order valence-electron chi connectivity index (χ0n) is 11.1. The molecule has 1 saturated heterocycles. The molecule has 1 aromatic rings. The van der Waals surface area contributed by atoms with Crippen molar-refractivity contribution in [3.05, 3.63) is 22.8 Å². The van der Waals surface area contributed by atoms with Crippen molar-refractivity contribution in [1.29, 1.82) is 0 Å². The highest BCUT2D eigenvalue weighted by atomic mass is 35.5. The van der Waals surface area contributed by atoms with E-state index in [0.29, 0.717) is 0 Å². The number of rotatable bonds is 4. The van der Waals surface area contributed by atoms with E-state index >= 15 is 0 Å². The van der Waals surface area contributed by atoms with E-state index < -0.39 is 0 Å². The van der Waals surface area contributed by atoms with Crippen LogP contribution in [-0.4, -0.2) is 23.6 Å². The van der Waals surface area contributed by atoms with Crippen molar-refractivity contribution in [2.24, 2.45) is 5.92 Å². The van der Waals surface area contributed by atoms with Crippen LogP contribution >= 0.6 is 11.6 Å². The molecule has 2 aliphatic carbocycles. The second-order valence-electron chi connectivity index (χ2n) is 6.27. The predicted octanol–water partition coefficient (Wildman–Crippen LogP) is 2.98. The molecule has 0 radical (unpaired) electrons. The average molecular weight is 278 g/mol. The maximum atomic E-state index is 6.26. The van der Waals surface area contributed by atoms with Crippen LogP contribution in [0.25, 0.3) is 0 Å². The van der Waals surface area contributed by atoms with E-state index in [1.54, 1.807) is 0 Å². The molecule has 3 aliphatic rings. The highest BCUT2D eigenvalue weighted by Gasteiger charge is 2.38. The normalized spacial score (nSPS) is 29.2.